The van der Waals surface area contributed by atoms with Gasteiger partial charge in [-0.05, 0) is 47.5 Å². The lowest BCUT2D eigenvalue weighted by atomic mass is 10.1. The summed E-state index contributed by atoms with van der Waals surface area (Å²) in [4.78, 5) is 51.6. The van der Waals surface area contributed by atoms with Crippen LogP contribution in [0.3, 0.4) is 0 Å². The number of carbonyl (C=O) groups excluding carboxylic acids is 4. The molecular weight excluding hydrogens is 410 g/mol. The Morgan fingerprint density at radius 2 is 1.06 bits per heavy atom. The van der Waals surface area contributed by atoms with Gasteiger partial charge >= 0.3 is 0 Å². The van der Waals surface area contributed by atoms with E-state index >= 15 is 0 Å². The smallest absolute Gasteiger partial charge is 0.270 e. The van der Waals surface area contributed by atoms with E-state index in [-0.39, 0.29) is 24.5 Å². The third kappa shape index (κ3) is 5.76. The van der Waals surface area contributed by atoms with E-state index in [4.69, 9.17) is 11.5 Å². The summed E-state index contributed by atoms with van der Waals surface area (Å²) >= 11 is 0. The number of nitrogens with two attached hydrogens (primary N) is 2. The van der Waals surface area contributed by atoms with Gasteiger partial charge in [-0.1, -0.05) is 30.3 Å². The van der Waals surface area contributed by atoms with Crippen LogP contribution >= 0.6 is 0 Å². The summed E-state index contributed by atoms with van der Waals surface area (Å²) in [5.74, 6) is -2.06. The highest BCUT2D eigenvalue weighted by molar-refractivity contribution is 5.96. The molecule has 0 fully saturated rings. The van der Waals surface area contributed by atoms with Gasteiger partial charge in [-0.2, -0.15) is 0 Å². The minimum atomic E-state index is -0.556. The molecule has 0 radical (unpaired) electrons. The standard InChI is InChI=1S/C23H21N5O4/c24-20(29)16-6-1-4-14(10-16)12-26-22(31)18-8-3-9-19(28-18)23(32)27-13-15-5-2-7-17(11-15)21(25)30/h1-11H,12-13H2,(H2,24,29)(H2,25,30)(H,26,31)(H,27,32). The number of amides is 4. The van der Waals surface area contributed by atoms with Gasteiger partial charge in [0.05, 0.1) is 0 Å². The molecular formula is C23H21N5O4. The van der Waals surface area contributed by atoms with Crippen LogP contribution in [0.5, 0.6) is 0 Å². The maximum absolute atomic E-state index is 12.5. The van der Waals surface area contributed by atoms with Crippen LogP contribution in [0.15, 0.2) is 66.7 Å². The second kappa shape index (κ2) is 9.98. The molecule has 2 aromatic carbocycles. The van der Waals surface area contributed by atoms with Gasteiger partial charge in [0.2, 0.25) is 11.8 Å². The fourth-order valence-electron chi connectivity index (χ4n) is 2.90. The van der Waals surface area contributed by atoms with Crippen molar-refractivity contribution in [2.45, 2.75) is 13.1 Å². The van der Waals surface area contributed by atoms with Gasteiger partial charge in [-0.15, -0.1) is 0 Å². The van der Waals surface area contributed by atoms with Gasteiger partial charge in [0.15, 0.2) is 0 Å². The van der Waals surface area contributed by atoms with Gasteiger partial charge in [0.25, 0.3) is 11.8 Å². The predicted octanol–water partition coefficient (Wildman–Crippen LogP) is 1.14. The Kier molecular flexibility index (Phi) is 6.92. The lowest BCUT2D eigenvalue weighted by Crippen LogP contribution is -2.27. The van der Waals surface area contributed by atoms with E-state index in [1.54, 1.807) is 54.6 Å². The topological polar surface area (TPSA) is 157 Å². The molecule has 0 aliphatic rings. The molecule has 1 heterocycles. The highest BCUT2D eigenvalue weighted by Crippen LogP contribution is 2.07. The molecule has 0 aliphatic carbocycles. The van der Waals surface area contributed by atoms with E-state index in [0.717, 1.165) is 0 Å². The number of hydrogen-bond donors (Lipinski definition) is 4. The second-order valence-corrected chi connectivity index (χ2v) is 6.90. The Labute approximate surface area is 183 Å². The highest BCUT2D eigenvalue weighted by atomic mass is 16.2. The van der Waals surface area contributed by atoms with Crippen molar-refractivity contribution < 1.29 is 19.2 Å². The number of carbonyl (C=O) groups is 4. The number of rotatable bonds is 8. The molecule has 0 atom stereocenters. The third-order valence-electron chi connectivity index (χ3n) is 4.54. The van der Waals surface area contributed by atoms with E-state index in [9.17, 15) is 19.2 Å². The third-order valence-corrected chi connectivity index (χ3v) is 4.54. The molecule has 0 bridgehead atoms. The second-order valence-electron chi connectivity index (χ2n) is 6.90. The Morgan fingerprint density at radius 1 is 0.656 bits per heavy atom. The largest absolute Gasteiger partial charge is 0.366 e. The van der Waals surface area contributed by atoms with Crippen LogP contribution in [-0.4, -0.2) is 28.6 Å². The highest BCUT2D eigenvalue weighted by Gasteiger charge is 2.13. The first-order chi connectivity index (χ1) is 15.3. The van der Waals surface area contributed by atoms with Crippen LogP contribution in [0.2, 0.25) is 0 Å². The molecule has 1 aromatic heterocycles. The summed E-state index contributed by atoms with van der Waals surface area (Å²) in [6.07, 6.45) is 0. The summed E-state index contributed by atoms with van der Waals surface area (Å²) in [5, 5.41) is 5.39. The number of primary amides is 2. The van der Waals surface area contributed by atoms with Crippen molar-refractivity contribution in [2.75, 3.05) is 0 Å². The molecule has 6 N–H and O–H groups in total. The molecule has 0 spiro atoms. The minimum absolute atomic E-state index is 0.0689. The Morgan fingerprint density at radius 3 is 1.47 bits per heavy atom. The Bertz CT molecular complexity index is 1100. The van der Waals surface area contributed by atoms with Crippen molar-refractivity contribution in [1.29, 1.82) is 0 Å². The summed E-state index contributed by atoms with van der Waals surface area (Å²) < 4.78 is 0. The van der Waals surface area contributed by atoms with Gasteiger partial charge in [-0.25, -0.2) is 4.98 Å². The fourth-order valence-corrected chi connectivity index (χ4v) is 2.90. The number of hydrogen-bond acceptors (Lipinski definition) is 5. The van der Waals surface area contributed by atoms with Crippen molar-refractivity contribution in [3.05, 3.63) is 100 Å². The van der Waals surface area contributed by atoms with Crippen molar-refractivity contribution in [2.24, 2.45) is 11.5 Å². The van der Waals surface area contributed by atoms with E-state index in [0.29, 0.717) is 22.3 Å². The quantitative estimate of drug-likeness (QED) is 0.420. The van der Waals surface area contributed by atoms with Crippen LogP contribution in [-0.2, 0) is 13.1 Å². The average Bonchev–Trinajstić information content (AvgIpc) is 2.81. The fraction of sp³-hybridized carbons (Fsp3) is 0.0870. The van der Waals surface area contributed by atoms with Crippen LogP contribution in [0, 0.1) is 0 Å². The summed E-state index contributed by atoms with van der Waals surface area (Å²) in [5.41, 5.74) is 12.7. The van der Waals surface area contributed by atoms with Crippen molar-refractivity contribution in [1.82, 2.24) is 15.6 Å². The van der Waals surface area contributed by atoms with Crippen molar-refractivity contribution >= 4 is 23.6 Å². The van der Waals surface area contributed by atoms with Gasteiger partial charge in [0, 0.05) is 24.2 Å². The number of pyridine rings is 1. The van der Waals surface area contributed by atoms with E-state index in [1.807, 2.05) is 0 Å². The van der Waals surface area contributed by atoms with E-state index in [1.165, 1.54) is 12.1 Å². The minimum Gasteiger partial charge on any atom is -0.366 e. The van der Waals surface area contributed by atoms with E-state index < -0.39 is 23.6 Å². The van der Waals surface area contributed by atoms with Crippen molar-refractivity contribution in [3.63, 3.8) is 0 Å². The SMILES string of the molecule is NC(=O)c1cccc(CNC(=O)c2cccc(C(=O)NCc3cccc(C(N)=O)c3)n2)c1. The summed E-state index contributed by atoms with van der Waals surface area (Å²) in [6.45, 7) is 0.322. The molecule has 0 saturated carbocycles. The van der Waals surface area contributed by atoms with Crippen molar-refractivity contribution in [3.8, 4) is 0 Å². The van der Waals surface area contributed by atoms with Crippen LogP contribution in [0.4, 0.5) is 0 Å². The maximum atomic E-state index is 12.5. The molecule has 9 nitrogen and oxygen atoms in total. The summed E-state index contributed by atoms with van der Waals surface area (Å²) in [7, 11) is 0. The lowest BCUT2D eigenvalue weighted by molar-refractivity contribution is 0.0938. The van der Waals surface area contributed by atoms with Crippen LogP contribution in [0.25, 0.3) is 0 Å². The molecule has 0 unspecified atom stereocenters. The van der Waals surface area contributed by atoms with Gasteiger partial charge in [0.1, 0.15) is 11.4 Å². The Hall–Kier alpha value is -4.53. The first-order valence-corrected chi connectivity index (χ1v) is 9.64. The Balaban J connectivity index is 1.61. The normalized spacial score (nSPS) is 10.2. The van der Waals surface area contributed by atoms with Gasteiger partial charge in [-0.3, -0.25) is 19.2 Å². The number of benzene rings is 2. The van der Waals surface area contributed by atoms with Gasteiger partial charge < -0.3 is 22.1 Å². The number of nitrogens with zero attached hydrogens (tertiary/aromatic N) is 1. The molecule has 32 heavy (non-hydrogen) atoms. The monoisotopic (exact) mass is 431 g/mol. The molecule has 0 saturated heterocycles. The zero-order valence-corrected chi connectivity index (χ0v) is 17.0. The molecule has 3 rings (SSSR count). The number of aromatic nitrogens is 1. The molecule has 9 heteroatoms. The van der Waals surface area contributed by atoms with E-state index in [2.05, 4.69) is 15.6 Å². The lowest BCUT2D eigenvalue weighted by Gasteiger charge is -2.08. The maximum Gasteiger partial charge on any atom is 0.270 e. The molecule has 4 amide bonds. The first-order valence-electron chi connectivity index (χ1n) is 9.64. The van der Waals surface area contributed by atoms with Crippen LogP contribution < -0.4 is 22.1 Å². The average molecular weight is 431 g/mol. The summed E-state index contributed by atoms with van der Waals surface area (Å²) in [6, 6.07) is 17.7. The number of nitrogens with one attached hydrogen (secondary N) is 2. The molecule has 3 aromatic rings. The zero-order valence-electron chi connectivity index (χ0n) is 17.0. The predicted molar refractivity (Wildman–Crippen MR) is 116 cm³/mol. The first kappa shape index (κ1) is 22.2. The molecule has 162 valence electrons. The van der Waals surface area contributed by atoms with Crippen LogP contribution in [0.1, 0.15) is 52.8 Å². The molecule has 0 aliphatic heterocycles. The zero-order chi connectivity index (χ0) is 23.1.